The molecule has 15 nitrogen and oxygen atoms in total. The van der Waals surface area contributed by atoms with Gasteiger partial charge in [0.25, 0.3) is 5.56 Å². The molecule has 4 atom stereocenters. The van der Waals surface area contributed by atoms with Crippen LogP contribution in [0.5, 0.6) is 0 Å². The lowest BCUT2D eigenvalue weighted by Gasteiger charge is -2.31. The molecule has 4 rings (SSSR count). The molecule has 4 unspecified atom stereocenters. The molecule has 15 heteroatoms. The van der Waals surface area contributed by atoms with Crippen LogP contribution in [0, 0.1) is 11.8 Å². The van der Waals surface area contributed by atoms with E-state index < -0.39 is 66.1 Å². The minimum Gasteiger partial charge on any atom is -0.456 e. The molecule has 3 N–H and O–H groups in total. The van der Waals surface area contributed by atoms with Crippen LogP contribution in [-0.2, 0) is 28.6 Å². The number of rotatable bonds is 6. The quantitative estimate of drug-likeness (QED) is 0.340. The van der Waals surface area contributed by atoms with Crippen molar-refractivity contribution in [3.8, 4) is 0 Å². The van der Waals surface area contributed by atoms with E-state index in [0.29, 0.717) is 5.06 Å². The van der Waals surface area contributed by atoms with Crippen LogP contribution in [0.1, 0.15) is 40.8 Å². The third-order valence-corrected chi connectivity index (χ3v) is 6.47. The number of hydroxylamine groups is 1. The molecule has 2 aliphatic rings. The standard InChI is InChI=1S/C25H31N5O10/c1-11(2)21(33)39-18-15(9-31)38-23(25(18,5)36)29-8-13-14(30(24(35)37-6)40-22(34)12(3)4)7-16(32)28-19-17(13)20(29)27-10-26-19/h7-8,10-12,15,18,23,31,36H,9H2,1-6H3,(H,26,27,28,32). The monoisotopic (exact) mass is 561 g/mol. The van der Waals surface area contributed by atoms with Gasteiger partial charge in [-0.15, -0.1) is 5.06 Å². The van der Waals surface area contributed by atoms with Crippen molar-refractivity contribution in [3.05, 3.63) is 22.6 Å². The van der Waals surface area contributed by atoms with Crippen molar-refractivity contribution in [2.75, 3.05) is 24.1 Å². The maximum absolute atomic E-state index is 12.7. The highest BCUT2D eigenvalue weighted by atomic mass is 16.7. The first-order chi connectivity index (χ1) is 18.8. The number of nitrogens with zero attached hydrogens (tertiary/aromatic N) is 4. The van der Waals surface area contributed by atoms with Crippen LogP contribution in [0.25, 0.3) is 10.8 Å². The molecule has 2 aliphatic heterocycles. The minimum atomic E-state index is -1.88. The topological polar surface area (TPSA) is 191 Å². The fourth-order valence-electron chi connectivity index (χ4n) is 4.37. The number of esters is 1. The summed E-state index contributed by atoms with van der Waals surface area (Å²) in [5.74, 6) is -2.31. The van der Waals surface area contributed by atoms with E-state index in [1.807, 2.05) is 0 Å². The van der Waals surface area contributed by atoms with Crippen LogP contribution < -0.4 is 15.9 Å². The van der Waals surface area contributed by atoms with Crippen molar-refractivity contribution in [2.24, 2.45) is 16.8 Å². The predicted octanol–water partition coefficient (Wildman–Crippen LogP) is 1.38. The van der Waals surface area contributed by atoms with Crippen LogP contribution >= 0.6 is 0 Å². The summed E-state index contributed by atoms with van der Waals surface area (Å²) >= 11 is 0. The molecule has 0 spiro atoms. The van der Waals surface area contributed by atoms with Crippen molar-refractivity contribution < 1.29 is 43.6 Å². The smallest absolute Gasteiger partial charge is 0.448 e. The van der Waals surface area contributed by atoms with Gasteiger partial charge in [-0.1, -0.05) is 27.7 Å². The SMILES string of the molecule is COC(=O)N(OC(=O)C(C)C)c1cc(=O)nc2c3c(n(C4OC(CO)C(OC(=O)C(C)C)C4(C)O)cc13)N=CN2. The molecule has 0 aromatic carbocycles. The van der Waals surface area contributed by atoms with E-state index in [1.165, 1.54) is 24.0 Å². The van der Waals surface area contributed by atoms with Gasteiger partial charge in [0, 0.05) is 17.6 Å². The molecular formula is C25H31N5O10. The number of nitrogens with one attached hydrogen (secondary N) is 1. The maximum Gasteiger partial charge on any atom is 0.448 e. The summed E-state index contributed by atoms with van der Waals surface area (Å²) in [6.45, 7) is 7.18. The van der Waals surface area contributed by atoms with Crippen molar-refractivity contribution in [1.82, 2.24) is 9.55 Å². The molecule has 1 amide bonds. The largest absolute Gasteiger partial charge is 0.456 e. The van der Waals surface area contributed by atoms with Crippen LogP contribution in [0.3, 0.4) is 0 Å². The number of hydrogen-bond donors (Lipinski definition) is 3. The van der Waals surface area contributed by atoms with E-state index in [9.17, 15) is 29.4 Å². The Hall–Kier alpha value is -4.08. The van der Waals surface area contributed by atoms with Crippen LogP contribution in [0.4, 0.5) is 22.1 Å². The summed E-state index contributed by atoms with van der Waals surface area (Å²) in [5.41, 5.74) is -2.85. The van der Waals surface area contributed by atoms with Crippen LogP contribution in [-0.4, -0.2) is 75.7 Å². The molecule has 1 saturated heterocycles. The molecule has 2 aromatic rings. The minimum absolute atomic E-state index is 0.0640. The first-order valence-electron chi connectivity index (χ1n) is 12.5. The number of carbonyl (C=O) groups is 3. The molecule has 0 aliphatic carbocycles. The molecule has 4 heterocycles. The van der Waals surface area contributed by atoms with E-state index in [0.717, 1.165) is 13.2 Å². The Balaban J connectivity index is 1.94. The molecule has 0 saturated carbocycles. The van der Waals surface area contributed by atoms with E-state index in [2.05, 4.69) is 15.3 Å². The number of amides is 1. The van der Waals surface area contributed by atoms with E-state index >= 15 is 0 Å². The molecular weight excluding hydrogens is 530 g/mol. The zero-order valence-corrected chi connectivity index (χ0v) is 22.8. The maximum atomic E-state index is 12.7. The average molecular weight is 562 g/mol. The highest BCUT2D eigenvalue weighted by molar-refractivity contribution is 6.12. The van der Waals surface area contributed by atoms with Gasteiger partial charge in [0.15, 0.2) is 12.3 Å². The van der Waals surface area contributed by atoms with E-state index in [4.69, 9.17) is 19.0 Å². The van der Waals surface area contributed by atoms with Crippen LogP contribution in [0.2, 0.25) is 0 Å². The van der Waals surface area contributed by atoms with Crippen molar-refractivity contribution in [3.63, 3.8) is 0 Å². The zero-order valence-electron chi connectivity index (χ0n) is 22.8. The number of aliphatic imine (C=N–C) groups is 1. The second-order valence-electron chi connectivity index (χ2n) is 10.2. The van der Waals surface area contributed by atoms with Gasteiger partial charge in [0.2, 0.25) is 0 Å². The van der Waals surface area contributed by atoms with Crippen LogP contribution in [0.15, 0.2) is 22.1 Å². The highest BCUT2D eigenvalue weighted by Crippen LogP contribution is 2.47. The average Bonchev–Trinajstić information content (AvgIpc) is 3.34. The molecule has 1 fully saturated rings. The number of aromatic nitrogens is 2. The molecule has 2 aromatic heterocycles. The summed E-state index contributed by atoms with van der Waals surface area (Å²) in [6, 6.07) is 0.981. The van der Waals surface area contributed by atoms with Crippen molar-refractivity contribution >= 4 is 52.5 Å². The Morgan fingerprint density at radius 2 is 1.90 bits per heavy atom. The molecule has 216 valence electrons. The normalized spacial score (nSPS) is 23.3. The number of aliphatic hydroxyl groups excluding tert-OH is 1. The number of ether oxygens (including phenoxy) is 3. The molecule has 40 heavy (non-hydrogen) atoms. The first kappa shape index (κ1) is 28.9. The van der Waals surface area contributed by atoms with Gasteiger partial charge >= 0.3 is 18.0 Å². The Labute approximate surface area is 228 Å². The van der Waals surface area contributed by atoms with Gasteiger partial charge < -0.3 is 39.1 Å². The van der Waals surface area contributed by atoms with Gasteiger partial charge in [-0.25, -0.2) is 14.6 Å². The van der Waals surface area contributed by atoms with Gasteiger partial charge in [0.05, 0.1) is 37.3 Å². The Kier molecular flexibility index (Phi) is 7.83. The third-order valence-electron chi connectivity index (χ3n) is 6.47. The van der Waals surface area contributed by atoms with Gasteiger partial charge in [-0.05, 0) is 6.92 Å². The fraction of sp³-hybridized carbons (Fsp3) is 0.520. The predicted molar refractivity (Wildman–Crippen MR) is 140 cm³/mol. The summed E-state index contributed by atoms with van der Waals surface area (Å²) in [6.07, 6.45) is -2.04. The second kappa shape index (κ2) is 10.8. The number of aliphatic hydroxyl groups is 2. The summed E-state index contributed by atoms with van der Waals surface area (Å²) in [5, 5.41) is 25.2. The summed E-state index contributed by atoms with van der Waals surface area (Å²) in [7, 11) is 1.07. The Bertz CT molecular complexity index is 1430. The lowest BCUT2D eigenvalue weighted by atomic mass is 9.96. The summed E-state index contributed by atoms with van der Waals surface area (Å²) in [4.78, 5) is 63.9. The van der Waals surface area contributed by atoms with Crippen molar-refractivity contribution in [2.45, 2.75) is 58.7 Å². The fourth-order valence-corrected chi connectivity index (χ4v) is 4.37. The zero-order chi connectivity index (χ0) is 29.5. The third kappa shape index (κ3) is 4.98. The second-order valence-corrected chi connectivity index (χ2v) is 10.2. The highest BCUT2D eigenvalue weighted by Gasteiger charge is 2.56. The molecule has 0 radical (unpaired) electrons. The van der Waals surface area contributed by atoms with Gasteiger partial charge in [0.1, 0.15) is 29.0 Å². The number of methoxy groups -OCH3 is 1. The van der Waals surface area contributed by atoms with Gasteiger partial charge in [-0.3, -0.25) is 9.59 Å². The number of hydrogen-bond acceptors (Lipinski definition) is 13. The lowest BCUT2D eigenvalue weighted by Crippen LogP contribution is -2.47. The van der Waals surface area contributed by atoms with Crippen molar-refractivity contribution in [1.29, 1.82) is 0 Å². The van der Waals surface area contributed by atoms with E-state index in [-0.39, 0.29) is 28.1 Å². The molecule has 0 bridgehead atoms. The van der Waals surface area contributed by atoms with Gasteiger partial charge in [-0.2, -0.15) is 4.98 Å². The lowest BCUT2D eigenvalue weighted by molar-refractivity contribution is -0.167. The Morgan fingerprint density at radius 1 is 1.23 bits per heavy atom. The number of anilines is 2. The van der Waals surface area contributed by atoms with E-state index in [1.54, 1.807) is 27.7 Å². The Morgan fingerprint density at radius 3 is 2.50 bits per heavy atom. The number of carbonyl (C=O) groups excluding carboxylic acids is 3. The summed E-state index contributed by atoms with van der Waals surface area (Å²) < 4.78 is 17.7. The first-order valence-corrected chi connectivity index (χ1v) is 12.5.